The lowest BCUT2D eigenvalue weighted by Gasteiger charge is -2.19. The first-order valence-electron chi connectivity index (χ1n) is 8.08. The Balaban J connectivity index is 2.38. The van der Waals surface area contributed by atoms with Crippen LogP contribution in [0, 0.1) is 5.82 Å². The molecular weight excluding hydrogens is 359 g/mol. The molecule has 0 saturated heterocycles. The molecule has 140 valence electrons. The van der Waals surface area contributed by atoms with Gasteiger partial charge in [0.05, 0.1) is 17.7 Å². The summed E-state index contributed by atoms with van der Waals surface area (Å²) in [5.41, 5.74) is 0.459. The summed E-state index contributed by atoms with van der Waals surface area (Å²) in [5.74, 6) is -0.633. The first-order chi connectivity index (χ1) is 12.3. The van der Waals surface area contributed by atoms with E-state index in [1.165, 1.54) is 53.9 Å². The normalized spacial score (nSPS) is 11.4. The average Bonchev–Trinajstić information content (AvgIpc) is 2.63. The van der Waals surface area contributed by atoms with Crippen LogP contribution in [0.2, 0.25) is 0 Å². The zero-order valence-electron chi connectivity index (χ0n) is 14.8. The van der Waals surface area contributed by atoms with E-state index in [9.17, 15) is 17.6 Å². The molecule has 0 radical (unpaired) electrons. The van der Waals surface area contributed by atoms with E-state index in [1.54, 1.807) is 13.8 Å². The maximum Gasteiger partial charge on any atom is 0.255 e. The van der Waals surface area contributed by atoms with Gasteiger partial charge in [0.15, 0.2) is 0 Å². The Labute approximate surface area is 152 Å². The highest BCUT2D eigenvalue weighted by molar-refractivity contribution is 7.89. The summed E-state index contributed by atoms with van der Waals surface area (Å²) in [7, 11) is -2.26. The van der Waals surface area contributed by atoms with E-state index in [0.717, 1.165) is 0 Å². The van der Waals surface area contributed by atoms with Crippen molar-refractivity contribution in [2.24, 2.45) is 0 Å². The number of halogens is 1. The summed E-state index contributed by atoms with van der Waals surface area (Å²) >= 11 is 0. The van der Waals surface area contributed by atoms with Crippen LogP contribution < -0.4 is 10.1 Å². The SMILES string of the molecule is CCN(CC)S(=O)(=O)c1ccc(OC)c(NC(=O)c2ccc(F)cc2)c1. The van der Waals surface area contributed by atoms with Gasteiger partial charge >= 0.3 is 0 Å². The molecule has 8 heteroatoms. The third-order valence-corrected chi connectivity index (χ3v) is 5.91. The molecule has 0 bridgehead atoms. The number of sulfonamides is 1. The summed E-state index contributed by atoms with van der Waals surface area (Å²) in [5, 5.41) is 2.62. The summed E-state index contributed by atoms with van der Waals surface area (Å²) in [6, 6.07) is 9.30. The molecule has 0 aliphatic heterocycles. The largest absolute Gasteiger partial charge is 0.495 e. The number of hydrogen-bond acceptors (Lipinski definition) is 4. The zero-order valence-corrected chi connectivity index (χ0v) is 15.6. The van der Waals surface area contributed by atoms with Crippen LogP contribution >= 0.6 is 0 Å². The zero-order chi connectivity index (χ0) is 19.3. The van der Waals surface area contributed by atoms with Gasteiger partial charge in [-0.3, -0.25) is 4.79 Å². The standard InChI is InChI=1S/C18H21FN2O4S/c1-4-21(5-2)26(23,24)15-10-11-17(25-3)16(12-15)20-18(22)13-6-8-14(19)9-7-13/h6-12H,4-5H2,1-3H3,(H,20,22). The van der Waals surface area contributed by atoms with E-state index in [4.69, 9.17) is 4.74 Å². The number of ether oxygens (including phenoxy) is 1. The molecule has 1 N–H and O–H groups in total. The van der Waals surface area contributed by atoms with Crippen LogP contribution in [0.1, 0.15) is 24.2 Å². The Hall–Kier alpha value is -2.45. The molecule has 26 heavy (non-hydrogen) atoms. The van der Waals surface area contributed by atoms with Crippen LogP contribution in [-0.4, -0.2) is 38.8 Å². The van der Waals surface area contributed by atoms with Gasteiger partial charge in [-0.05, 0) is 42.5 Å². The summed E-state index contributed by atoms with van der Waals surface area (Å²) in [6.07, 6.45) is 0. The molecule has 0 aromatic heterocycles. The number of carbonyl (C=O) groups is 1. The molecule has 0 aliphatic carbocycles. The lowest BCUT2D eigenvalue weighted by molar-refractivity contribution is 0.102. The minimum atomic E-state index is -3.68. The smallest absolute Gasteiger partial charge is 0.255 e. The quantitative estimate of drug-likeness (QED) is 0.801. The highest BCUT2D eigenvalue weighted by Gasteiger charge is 2.23. The summed E-state index contributed by atoms with van der Waals surface area (Å²) in [4.78, 5) is 12.4. The molecular formula is C18H21FN2O4S. The van der Waals surface area contributed by atoms with Crippen LogP contribution in [0.25, 0.3) is 0 Å². The van der Waals surface area contributed by atoms with Crippen LogP contribution in [0.4, 0.5) is 10.1 Å². The van der Waals surface area contributed by atoms with Crippen LogP contribution in [0.3, 0.4) is 0 Å². The maximum atomic E-state index is 13.0. The lowest BCUT2D eigenvalue weighted by atomic mass is 10.2. The topological polar surface area (TPSA) is 75.7 Å². The molecule has 0 fully saturated rings. The number of amides is 1. The first-order valence-corrected chi connectivity index (χ1v) is 9.52. The number of carbonyl (C=O) groups excluding carboxylic acids is 1. The van der Waals surface area contributed by atoms with Crippen molar-refractivity contribution in [2.45, 2.75) is 18.7 Å². The van der Waals surface area contributed by atoms with Crippen molar-refractivity contribution in [3.8, 4) is 5.75 Å². The molecule has 0 atom stereocenters. The predicted octanol–water partition coefficient (Wildman–Crippen LogP) is 3.12. The monoisotopic (exact) mass is 380 g/mol. The van der Waals surface area contributed by atoms with Crippen molar-refractivity contribution in [3.63, 3.8) is 0 Å². The van der Waals surface area contributed by atoms with Crippen LogP contribution in [-0.2, 0) is 10.0 Å². The van der Waals surface area contributed by atoms with Crippen molar-refractivity contribution in [1.29, 1.82) is 0 Å². The van der Waals surface area contributed by atoms with Crippen molar-refractivity contribution >= 4 is 21.6 Å². The first kappa shape index (κ1) is 19.9. The number of benzene rings is 2. The van der Waals surface area contributed by atoms with Gasteiger partial charge in [-0.1, -0.05) is 13.8 Å². The predicted molar refractivity (Wildman–Crippen MR) is 97.5 cm³/mol. The number of hydrogen-bond donors (Lipinski definition) is 1. The third-order valence-electron chi connectivity index (χ3n) is 3.87. The highest BCUT2D eigenvalue weighted by atomic mass is 32.2. The Morgan fingerprint density at radius 1 is 1.12 bits per heavy atom. The molecule has 0 saturated carbocycles. The average molecular weight is 380 g/mol. The van der Waals surface area contributed by atoms with Gasteiger partial charge in [-0.15, -0.1) is 0 Å². The fourth-order valence-corrected chi connectivity index (χ4v) is 3.94. The summed E-state index contributed by atoms with van der Waals surface area (Å²) in [6.45, 7) is 4.17. The maximum absolute atomic E-state index is 13.0. The minimum Gasteiger partial charge on any atom is -0.495 e. The van der Waals surface area contributed by atoms with Crippen LogP contribution in [0.5, 0.6) is 5.75 Å². The van der Waals surface area contributed by atoms with Gasteiger partial charge in [0, 0.05) is 18.7 Å². The van der Waals surface area contributed by atoms with Gasteiger partial charge in [0.2, 0.25) is 10.0 Å². The number of rotatable bonds is 7. The van der Waals surface area contributed by atoms with E-state index in [-0.39, 0.29) is 16.1 Å². The Morgan fingerprint density at radius 2 is 1.73 bits per heavy atom. The van der Waals surface area contributed by atoms with E-state index in [0.29, 0.717) is 18.8 Å². The Kier molecular flexibility index (Phi) is 6.33. The molecule has 1 amide bonds. The fraction of sp³-hybridized carbons (Fsp3) is 0.278. The van der Waals surface area contributed by atoms with Crippen molar-refractivity contribution < 1.29 is 22.3 Å². The highest BCUT2D eigenvalue weighted by Crippen LogP contribution is 2.29. The second-order valence-electron chi connectivity index (χ2n) is 5.41. The fourth-order valence-electron chi connectivity index (χ4n) is 2.45. The van der Waals surface area contributed by atoms with Crippen molar-refractivity contribution in [2.75, 3.05) is 25.5 Å². The van der Waals surface area contributed by atoms with Crippen molar-refractivity contribution in [3.05, 3.63) is 53.8 Å². The third kappa shape index (κ3) is 4.20. The number of anilines is 1. The van der Waals surface area contributed by atoms with Gasteiger partial charge in [-0.2, -0.15) is 4.31 Å². The van der Waals surface area contributed by atoms with E-state index in [2.05, 4.69) is 5.32 Å². The van der Waals surface area contributed by atoms with Gasteiger partial charge in [0.1, 0.15) is 11.6 Å². The molecule has 2 rings (SSSR count). The van der Waals surface area contributed by atoms with Crippen LogP contribution in [0.15, 0.2) is 47.4 Å². The molecule has 0 heterocycles. The van der Waals surface area contributed by atoms with E-state index in [1.807, 2.05) is 0 Å². The summed E-state index contributed by atoms with van der Waals surface area (Å²) < 4.78 is 44.9. The second kappa shape index (κ2) is 8.29. The molecule has 0 aliphatic rings. The number of nitrogens with zero attached hydrogens (tertiary/aromatic N) is 1. The second-order valence-corrected chi connectivity index (χ2v) is 7.35. The Bertz CT molecular complexity index is 879. The van der Waals surface area contributed by atoms with Crippen molar-refractivity contribution in [1.82, 2.24) is 4.31 Å². The Morgan fingerprint density at radius 3 is 2.27 bits per heavy atom. The number of methoxy groups -OCH3 is 1. The molecule has 6 nitrogen and oxygen atoms in total. The van der Waals surface area contributed by atoms with E-state index < -0.39 is 21.7 Å². The van der Waals surface area contributed by atoms with Gasteiger partial charge < -0.3 is 10.1 Å². The van der Waals surface area contributed by atoms with Gasteiger partial charge in [-0.25, -0.2) is 12.8 Å². The minimum absolute atomic E-state index is 0.0522. The number of nitrogens with one attached hydrogen (secondary N) is 1. The lowest BCUT2D eigenvalue weighted by Crippen LogP contribution is -2.30. The van der Waals surface area contributed by atoms with E-state index >= 15 is 0 Å². The molecule has 2 aromatic carbocycles. The van der Waals surface area contributed by atoms with Gasteiger partial charge in [0.25, 0.3) is 5.91 Å². The molecule has 0 unspecified atom stereocenters. The molecule has 2 aromatic rings. The molecule has 0 spiro atoms.